The Hall–Kier alpha value is -2.73. The van der Waals surface area contributed by atoms with E-state index < -0.39 is 0 Å². The first kappa shape index (κ1) is 19.6. The molecule has 152 valence electrons. The maximum atomic E-state index is 4.54. The van der Waals surface area contributed by atoms with Gasteiger partial charge in [0.15, 0.2) is 5.82 Å². The van der Waals surface area contributed by atoms with Crippen LogP contribution in [0, 0.1) is 0 Å². The topological polar surface area (TPSA) is 69.7 Å². The predicted molar refractivity (Wildman–Crippen MR) is 118 cm³/mol. The Morgan fingerprint density at radius 2 is 1.52 bits per heavy atom. The Kier molecular flexibility index (Phi) is 4.90. The maximum Gasteiger partial charge on any atom is 0.151 e. The molecule has 3 heterocycles. The van der Waals surface area contributed by atoms with Crippen LogP contribution in [0.1, 0.15) is 40.5 Å². The predicted octanol–water partition coefficient (Wildman–Crippen LogP) is 4.28. The fourth-order valence-corrected chi connectivity index (χ4v) is 4.64. The van der Waals surface area contributed by atoms with Gasteiger partial charge in [0.1, 0.15) is 0 Å². The molecule has 3 aromatic rings. The van der Waals surface area contributed by atoms with Crippen molar-refractivity contribution in [3.8, 4) is 22.4 Å². The lowest BCUT2D eigenvalue weighted by Gasteiger charge is -2.49. The molecule has 4 rings (SSSR count). The van der Waals surface area contributed by atoms with Gasteiger partial charge in [0.25, 0.3) is 0 Å². The second-order valence-electron chi connectivity index (χ2n) is 9.41. The lowest BCUT2D eigenvalue weighted by molar-refractivity contribution is 0.160. The van der Waals surface area contributed by atoms with Crippen molar-refractivity contribution in [1.29, 1.82) is 0 Å². The highest BCUT2D eigenvalue weighted by Gasteiger charge is 2.39. The number of piperidine rings is 1. The number of H-pyrrole nitrogens is 1. The third kappa shape index (κ3) is 4.32. The van der Waals surface area contributed by atoms with E-state index in [9.17, 15) is 0 Å². The summed E-state index contributed by atoms with van der Waals surface area (Å²) >= 11 is 0. The van der Waals surface area contributed by atoms with Crippen LogP contribution in [0.4, 0.5) is 5.82 Å². The summed E-state index contributed by atoms with van der Waals surface area (Å²) in [6.07, 6.45) is 5.86. The van der Waals surface area contributed by atoms with Crippen LogP contribution in [0.5, 0.6) is 0 Å². The van der Waals surface area contributed by atoms with E-state index in [0.29, 0.717) is 6.04 Å². The number of rotatable bonds is 4. The number of benzene rings is 1. The third-order valence-electron chi connectivity index (χ3n) is 5.74. The first-order valence-electron chi connectivity index (χ1n) is 10.2. The van der Waals surface area contributed by atoms with E-state index in [-0.39, 0.29) is 11.1 Å². The van der Waals surface area contributed by atoms with Gasteiger partial charge in [0.2, 0.25) is 0 Å². The van der Waals surface area contributed by atoms with Crippen molar-refractivity contribution in [3.63, 3.8) is 0 Å². The zero-order valence-corrected chi connectivity index (χ0v) is 17.9. The maximum absolute atomic E-state index is 4.54. The Balaban J connectivity index is 1.50. The van der Waals surface area contributed by atoms with E-state index in [4.69, 9.17) is 0 Å². The molecule has 6 nitrogen and oxygen atoms in total. The number of nitrogens with zero attached hydrogens (tertiary/aromatic N) is 4. The normalized spacial score (nSPS) is 18.5. The molecule has 29 heavy (non-hydrogen) atoms. The van der Waals surface area contributed by atoms with Crippen molar-refractivity contribution < 1.29 is 0 Å². The number of anilines is 1. The van der Waals surface area contributed by atoms with Gasteiger partial charge in [-0.15, -0.1) is 10.2 Å². The molecular formula is C23H30N6. The van der Waals surface area contributed by atoms with Gasteiger partial charge in [-0.3, -0.25) is 5.10 Å². The van der Waals surface area contributed by atoms with E-state index in [1.54, 1.807) is 0 Å². The smallest absolute Gasteiger partial charge is 0.151 e. The molecule has 0 aliphatic carbocycles. The summed E-state index contributed by atoms with van der Waals surface area (Å²) in [6.45, 7) is 9.10. The number of aromatic amines is 1. The minimum absolute atomic E-state index is 0.102. The fourth-order valence-electron chi connectivity index (χ4n) is 4.64. The summed E-state index contributed by atoms with van der Waals surface area (Å²) in [6, 6.07) is 12.9. The van der Waals surface area contributed by atoms with Crippen molar-refractivity contribution in [2.24, 2.45) is 0 Å². The number of aromatic nitrogens is 4. The molecule has 0 amide bonds. The molecule has 1 aliphatic heterocycles. The molecule has 1 aliphatic rings. The van der Waals surface area contributed by atoms with Crippen LogP contribution in [0.2, 0.25) is 0 Å². The summed E-state index contributed by atoms with van der Waals surface area (Å²) in [5.41, 5.74) is 4.35. The highest BCUT2D eigenvalue weighted by Crippen LogP contribution is 2.33. The molecule has 0 atom stereocenters. The molecule has 1 fully saturated rings. The number of hydrogen-bond donors (Lipinski definition) is 2. The number of hydrogen-bond acceptors (Lipinski definition) is 5. The standard InChI is InChI=1S/C23H30N6/c1-22(2)12-19(13-23(3,4)28-22)29(5)21-11-10-20(26-27-21)17-8-6-16(7-9-17)18-14-24-25-15-18/h6-11,14-15,19,28H,12-13H2,1-5H3,(H,24,25). The summed E-state index contributed by atoms with van der Waals surface area (Å²) in [5.74, 6) is 0.919. The minimum Gasteiger partial charge on any atom is -0.355 e. The zero-order valence-electron chi connectivity index (χ0n) is 17.9. The molecule has 1 aromatic carbocycles. The molecule has 6 heteroatoms. The summed E-state index contributed by atoms with van der Waals surface area (Å²) in [4.78, 5) is 2.28. The average molecular weight is 391 g/mol. The molecule has 0 spiro atoms. The van der Waals surface area contributed by atoms with Crippen LogP contribution in [0.25, 0.3) is 22.4 Å². The molecule has 2 N–H and O–H groups in total. The molecule has 2 aromatic heterocycles. The third-order valence-corrected chi connectivity index (χ3v) is 5.74. The van der Waals surface area contributed by atoms with Crippen LogP contribution >= 0.6 is 0 Å². The quantitative estimate of drug-likeness (QED) is 0.696. The van der Waals surface area contributed by atoms with Gasteiger partial charge in [0.05, 0.1) is 11.9 Å². The van der Waals surface area contributed by atoms with Crippen LogP contribution in [0.3, 0.4) is 0 Å². The summed E-state index contributed by atoms with van der Waals surface area (Å²) in [7, 11) is 2.13. The Bertz CT molecular complexity index is 926. The van der Waals surface area contributed by atoms with E-state index in [1.165, 1.54) is 0 Å². The van der Waals surface area contributed by atoms with Gasteiger partial charge < -0.3 is 10.2 Å². The molecule has 0 saturated carbocycles. The van der Waals surface area contributed by atoms with Gasteiger partial charge in [0, 0.05) is 41.5 Å². The largest absolute Gasteiger partial charge is 0.355 e. The highest BCUT2D eigenvalue weighted by atomic mass is 15.3. The monoisotopic (exact) mass is 390 g/mol. The average Bonchev–Trinajstić information content (AvgIpc) is 3.20. The van der Waals surface area contributed by atoms with E-state index in [0.717, 1.165) is 41.0 Å². The molecule has 0 bridgehead atoms. The highest BCUT2D eigenvalue weighted by molar-refractivity contribution is 5.68. The van der Waals surface area contributed by atoms with Crippen molar-refractivity contribution in [1.82, 2.24) is 25.7 Å². The van der Waals surface area contributed by atoms with Crippen molar-refractivity contribution >= 4 is 5.82 Å². The Labute approximate surface area is 172 Å². The van der Waals surface area contributed by atoms with Gasteiger partial charge in [-0.2, -0.15) is 5.10 Å². The second kappa shape index (κ2) is 7.26. The zero-order chi connectivity index (χ0) is 20.6. The molecule has 1 saturated heterocycles. The van der Waals surface area contributed by atoms with Gasteiger partial charge in [-0.05, 0) is 58.2 Å². The van der Waals surface area contributed by atoms with Crippen LogP contribution in [0.15, 0.2) is 48.8 Å². The van der Waals surface area contributed by atoms with Crippen molar-refractivity contribution in [2.45, 2.75) is 57.7 Å². The van der Waals surface area contributed by atoms with Gasteiger partial charge >= 0.3 is 0 Å². The first-order valence-corrected chi connectivity index (χ1v) is 10.2. The number of nitrogens with one attached hydrogen (secondary N) is 2. The lowest BCUT2D eigenvalue weighted by Crippen LogP contribution is -2.62. The summed E-state index contributed by atoms with van der Waals surface area (Å²) in [5, 5.41) is 19.6. The second-order valence-corrected chi connectivity index (χ2v) is 9.41. The van der Waals surface area contributed by atoms with E-state index >= 15 is 0 Å². The van der Waals surface area contributed by atoms with Crippen molar-refractivity contribution in [3.05, 3.63) is 48.8 Å². The van der Waals surface area contributed by atoms with Crippen LogP contribution in [-0.4, -0.2) is 44.6 Å². The van der Waals surface area contributed by atoms with Gasteiger partial charge in [-0.25, -0.2) is 0 Å². The lowest BCUT2D eigenvalue weighted by atomic mass is 9.79. The molecule has 0 radical (unpaired) electrons. The first-order chi connectivity index (χ1) is 13.7. The van der Waals surface area contributed by atoms with Crippen molar-refractivity contribution in [2.75, 3.05) is 11.9 Å². The fraction of sp³-hybridized carbons (Fsp3) is 0.435. The summed E-state index contributed by atoms with van der Waals surface area (Å²) < 4.78 is 0. The minimum atomic E-state index is 0.102. The van der Waals surface area contributed by atoms with E-state index in [2.05, 4.69) is 102 Å². The van der Waals surface area contributed by atoms with E-state index in [1.807, 2.05) is 12.4 Å². The Morgan fingerprint density at radius 3 is 2.07 bits per heavy atom. The SMILES string of the molecule is CN(c1ccc(-c2ccc(-c3cn[nH]c3)cc2)nn1)C1CC(C)(C)NC(C)(C)C1. The van der Waals surface area contributed by atoms with Crippen LogP contribution in [-0.2, 0) is 0 Å². The molecular weight excluding hydrogens is 360 g/mol. The van der Waals surface area contributed by atoms with Crippen LogP contribution < -0.4 is 10.2 Å². The van der Waals surface area contributed by atoms with Gasteiger partial charge in [-0.1, -0.05) is 24.3 Å². The molecule has 0 unspecified atom stereocenters. The Morgan fingerprint density at radius 1 is 0.862 bits per heavy atom.